The van der Waals surface area contributed by atoms with Gasteiger partial charge in [-0.05, 0) is 68.7 Å². The predicted octanol–water partition coefficient (Wildman–Crippen LogP) is 6.84. The van der Waals surface area contributed by atoms with Crippen molar-refractivity contribution in [2.75, 3.05) is 13.1 Å². The van der Waals surface area contributed by atoms with Crippen LogP contribution in [0.2, 0.25) is 0 Å². The number of nitrogens with zero attached hydrogens (tertiary/aromatic N) is 1. The van der Waals surface area contributed by atoms with Gasteiger partial charge in [-0.1, -0.05) is 67.9 Å². The Morgan fingerprint density at radius 1 is 0.929 bits per heavy atom. The molecule has 0 aliphatic heterocycles. The van der Waals surface area contributed by atoms with Crippen LogP contribution in [0.4, 0.5) is 0 Å². The molecule has 0 heterocycles. The average molecular weight is 398 g/mol. The van der Waals surface area contributed by atoms with Crippen molar-refractivity contribution in [3.63, 3.8) is 0 Å². The largest absolute Gasteiger partial charge is 0.300 e. The first-order chi connectivity index (χ1) is 13.7. The van der Waals surface area contributed by atoms with Crippen molar-refractivity contribution >= 4 is 11.6 Å². The zero-order chi connectivity index (χ0) is 19.8. The van der Waals surface area contributed by atoms with Crippen LogP contribution in [0.3, 0.4) is 0 Å². The van der Waals surface area contributed by atoms with Gasteiger partial charge in [-0.2, -0.15) is 0 Å². The molecule has 0 spiro atoms. The van der Waals surface area contributed by atoms with E-state index in [1.165, 1.54) is 55.3 Å². The Kier molecular flexibility index (Phi) is 8.43. The van der Waals surface area contributed by atoms with E-state index in [0.717, 1.165) is 19.4 Å². The van der Waals surface area contributed by atoms with Gasteiger partial charge < -0.3 is 4.90 Å². The monoisotopic (exact) mass is 397 g/mol. The second-order valence-corrected chi connectivity index (χ2v) is 9.01. The van der Waals surface area contributed by atoms with Gasteiger partial charge in [-0.15, -0.1) is 11.6 Å². The van der Waals surface area contributed by atoms with Gasteiger partial charge in [-0.3, -0.25) is 0 Å². The van der Waals surface area contributed by atoms with Gasteiger partial charge in [0.05, 0.1) is 0 Å². The van der Waals surface area contributed by atoms with E-state index in [1.54, 1.807) is 0 Å². The zero-order valence-electron chi connectivity index (χ0n) is 17.6. The Morgan fingerprint density at radius 2 is 1.64 bits per heavy atom. The second-order valence-electron chi connectivity index (χ2n) is 8.45. The number of alkyl halides is 1. The fourth-order valence-electron chi connectivity index (χ4n) is 4.54. The Hall–Kier alpha value is -1.31. The normalized spacial score (nSPS) is 20.6. The van der Waals surface area contributed by atoms with E-state index in [2.05, 4.69) is 73.3 Å². The van der Waals surface area contributed by atoms with Gasteiger partial charge in [0.2, 0.25) is 0 Å². The quantitative estimate of drug-likeness (QED) is 0.397. The summed E-state index contributed by atoms with van der Waals surface area (Å²) in [5.41, 5.74) is 4.33. The lowest BCUT2D eigenvalue weighted by Crippen LogP contribution is -2.35. The van der Waals surface area contributed by atoms with Gasteiger partial charge in [-0.25, -0.2) is 0 Å². The summed E-state index contributed by atoms with van der Waals surface area (Å²) in [6, 6.07) is 20.8. The van der Waals surface area contributed by atoms with Crippen LogP contribution in [-0.4, -0.2) is 29.4 Å². The van der Waals surface area contributed by atoms with Crippen LogP contribution in [0.15, 0.2) is 54.6 Å². The molecule has 1 aliphatic rings. The summed E-state index contributed by atoms with van der Waals surface area (Å²) >= 11 is 6.49. The highest BCUT2D eigenvalue weighted by Gasteiger charge is 2.26. The number of halogens is 1. The molecule has 0 radical (unpaired) electrons. The number of rotatable bonds is 10. The first-order valence-electron chi connectivity index (χ1n) is 11.2. The minimum atomic E-state index is 0.332. The third-order valence-electron chi connectivity index (χ3n) is 6.35. The molecular weight excluding hydrogens is 362 g/mol. The molecule has 152 valence electrons. The van der Waals surface area contributed by atoms with E-state index in [-0.39, 0.29) is 0 Å². The molecule has 0 bridgehead atoms. The lowest BCUT2D eigenvalue weighted by Gasteiger charge is -2.29. The van der Waals surface area contributed by atoms with Crippen LogP contribution in [0.25, 0.3) is 0 Å². The SMILES string of the molecule is CCCN(CCc1ccccc1)C(C)CCc1ccc(C2CCCC2Cl)cc1. The summed E-state index contributed by atoms with van der Waals surface area (Å²) in [4.78, 5) is 2.66. The number of benzene rings is 2. The van der Waals surface area contributed by atoms with Crippen molar-refractivity contribution in [2.24, 2.45) is 0 Å². The fraction of sp³-hybridized carbons (Fsp3) is 0.538. The van der Waals surface area contributed by atoms with Gasteiger partial charge in [0.25, 0.3) is 0 Å². The molecule has 1 fully saturated rings. The summed E-state index contributed by atoms with van der Waals surface area (Å²) in [5, 5.41) is 0.332. The molecule has 2 heteroatoms. The van der Waals surface area contributed by atoms with E-state index >= 15 is 0 Å². The Bertz CT molecular complexity index is 681. The van der Waals surface area contributed by atoms with Crippen LogP contribution in [0.5, 0.6) is 0 Å². The minimum absolute atomic E-state index is 0.332. The molecule has 1 nitrogen and oxygen atoms in total. The molecule has 3 rings (SSSR count). The number of aryl methyl sites for hydroxylation is 1. The molecule has 1 aliphatic carbocycles. The van der Waals surface area contributed by atoms with Crippen LogP contribution in [-0.2, 0) is 12.8 Å². The predicted molar refractivity (Wildman–Crippen MR) is 122 cm³/mol. The maximum Gasteiger partial charge on any atom is 0.0404 e. The highest BCUT2D eigenvalue weighted by atomic mass is 35.5. The lowest BCUT2D eigenvalue weighted by molar-refractivity contribution is 0.202. The molecule has 0 saturated heterocycles. The standard InChI is InChI=1S/C26H36ClN/c1-3-19-28(20-18-22-8-5-4-6-9-22)21(2)12-13-23-14-16-24(17-15-23)25-10-7-11-26(25)27/h4-6,8-9,14-17,21,25-26H,3,7,10-13,18-20H2,1-2H3. The van der Waals surface area contributed by atoms with Crippen molar-refractivity contribution in [3.05, 3.63) is 71.3 Å². The van der Waals surface area contributed by atoms with Crippen molar-refractivity contribution < 1.29 is 0 Å². The summed E-state index contributed by atoms with van der Waals surface area (Å²) < 4.78 is 0. The second kappa shape index (κ2) is 11.0. The molecule has 3 unspecified atom stereocenters. The molecule has 2 aromatic rings. The van der Waals surface area contributed by atoms with Crippen molar-refractivity contribution in [1.82, 2.24) is 4.90 Å². The van der Waals surface area contributed by atoms with Crippen molar-refractivity contribution in [1.29, 1.82) is 0 Å². The molecule has 28 heavy (non-hydrogen) atoms. The third kappa shape index (κ3) is 6.09. The number of hydrogen-bond acceptors (Lipinski definition) is 1. The van der Waals surface area contributed by atoms with Crippen molar-refractivity contribution in [2.45, 2.75) is 76.1 Å². The zero-order valence-corrected chi connectivity index (χ0v) is 18.4. The Balaban J connectivity index is 1.49. The average Bonchev–Trinajstić information content (AvgIpc) is 3.16. The van der Waals surface area contributed by atoms with Crippen molar-refractivity contribution in [3.8, 4) is 0 Å². The smallest absolute Gasteiger partial charge is 0.0404 e. The van der Waals surface area contributed by atoms with E-state index in [1.807, 2.05) is 0 Å². The lowest BCUT2D eigenvalue weighted by atomic mass is 9.95. The van der Waals surface area contributed by atoms with Gasteiger partial charge in [0, 0.05) is 23.9 Å². The van der Waals surface area contributed by atoms with E-state index < -0.39 is 0 Å². The van der Waals surface area contributed by atoms with Gasteiger partial charge >= 0.3 is 0 Å². The fourth-order valence-corrected chi connectivity index (χ4v) is 4.96. The maximum atomic E-state index is 6.49. The van der Waals surface area contributed by atoms with E-state index in [4.69, 9.17) is 11.6 Å². The molecule has 3 atom stereocenters. The Labute approximate surface area is 177 Å². The maximum absolute atomic E-state index is 6.49. The minimum Gasteiger partial charge on any atom is -0.300 e. The van der Waals surface area contributed by atoms with E-state index in [9.17, 15) is 0 Å². The Morgan fingerprint density at radius 3 is 2.29 bits per heavy atom. The summed E-state index contributed by atoms with van der Waals surface area (Å²) in [5.74, 6) is 0.563. The van der Waals surface area contributed by atoms with E-state index in [0.29, 0.717) is 17.3 Å². The summed E-state index contributed by atoms with van der Waals surface area (Å²) in [7, 11) is 0. The van der Waals surface area contributed by atoms with Crippen LogP contribution < -0.4 is 0 Å². The third-order valence-corrected chi connectivity index (χ3v) is 6.88. The first kappa shape index (κ1) is 21.4. The van der Waals surface area contributed by atoms with Gasteiger partial charge in [0.1, 0.15) is 0 Å². The highest BCUT2D eigenvalue weighted by Crippen LogP contribution is 2.38. The first-order valence-corrected chi connectivity index (χ1v) is 11.6. The number of hydrogen-bond donors (Lipinski definition) is 0. The molecule has 0 aromatic heterocycles. The topological polar surface area (TPSA) is 3.24 Å². The highest BCUT2D eigenvalue weighted by molar-refractivity contribution is 6.21. The molecular formula is C26H36ClN. The summed E-state index contributed by atoms with van der Waals surface area (Å²) in [6.45, 7) is 7.02. The van der Waals surface area contributed by atoms with Crippen LogP contribution in [0, 0.1) is 0 Å². The molecule has 1 saturated carbocycles. The van der Waals surface area contributed by atoms with Crippen LogP contribution >= 0.6 is 11.6 Å². The molecule has 0 amide bonds. The van der Waals surface area contributed by atoms with Crippen LogP contribution in [0.1, 0.15) is 68.6 Å². The van der Waals surface area contributed by atoms with Gasteiger partial charge in [0.15, 0.2) is 0 Å². The molecule has 2 aromatic carbocycles. The summed E-state index contributed by atoms with van der Waals surface area (Å²) in [6.07, 6.45) is 8.42. The molecule has 0 N–H and O–H groups in total.